The van der Waals surface area contributed by atoms with Gasteiger partial charge in [-0.1, -0.05) is 29.3 Å². The molecular formula is C21H24Cl2N2O3. The molecule has 0 aliphatic carbocycles. The van der Waals surface area contributed by atoms with Crippen LogP contribution in [0.15, 0.2) is 36.4 Å². The van der Waals surface area contributed by atoms with Gasteiger partial charge in [0.25, 0.3) is 0 Å². The molecule has 1 aliphatic heterocycles. The lowest BCUT2D eigenvalue weighted by Crippen LogP contribution is -2.35. The summed E-state index contributed by atoms with van der Waals surface area (Å²) in [7, 11) is 0. The molecule has 0 saturated carbocycles. The molecule has 1 saturated heterocycles. The molecule has 3 rings (SSSR count). The van der Waals surface area contributed by atoms with E-state index in [9.17, 15) is 4.79 Å². The maximum atomic E-state index is 12.3. The molecule has 7 heteroatoms. The molecule has 5 nitrogen and oxygen atoms in total. The van der Waals surface area contributed by atoms with Crippen molar-refractivity contribution in [3.05, 3.63) is 57.8 Å². The summed E-state index contributed by atoms with van der Waals surface area (Å²) in [6, 6.07) is 11.0. The zero-order valence-corrected chi connectivity index (χ0v) is 17.8. The molecule has 2 aromatic rings. The number of hydrogen-bond donors (Lipinski definition) is 0. The number of ether oxygens (including phenoxy) is 2. The Balaban J connectivity index is 1.61. The van der Waals surface area contributed by atoms with E-state index in [0.717, 1.165) is 17.8 Å². The summed E-state index contributed by atoms with van der Waals surface area (Å²) in [6.07, 6.45) is 0.589. The molecule has 28 heavy (non-hydrogen) atoms. The summed E-state index contributed by atoms with van der Waals surface area (Å²) >= 11 is 12.1. The van der Waals surface area contributed by atoms with Crippen molar-refractivity contribution in [1.82, 2.24) is 9.88 Å². The lowest BCUT2D eigenvalue weighted by Gasteiger charge is -2.24. The van der Waals surface area contributed by atoms with Crippen LogP contribution in [0, 0.1) is 0 Å². The van der Waals surface area contributed by atoms with Crippen LogP contribution in [-0.4, -0.2) is 34.7 Å². The highest BCUT2D eigenvalue weighted by atomic mass is 35.5. The number of halogens is 2. The standard InChI is InChI=1S/C21H24Cl2N2O3/c1-21(2,3)28-20(26)25-10-9-14(12-25)18-6-4-5-16(24-18)13-27-19-8-7-15(22)11-17(19)23/h4-8,11,14H,9-10,12-13H2,1-3H3/t14-/m0/s1. The van der Waals surface area contributed by atoms with Crippen LogP contribution in [0.4, 0.5) is 4.79 Å². The first-order valence-electron chi connectivity index (χ1n) is 9.23. The number of aromatic nitrogens is 1. The van der Waals surface area contributed by atoms with Gasteiger partial charge < -0.3 is 14.4 Å². The quantitative estimate of drug-likeness (QED) is 0.634. The highest BCUT2D eigenvalue weighted by Crippen LogP contribution is 2.29. The van der Waals surface area contributed by atoms with Gasteiger partial charge in [-0.15, -0.1) is 0 Å². The SMILES string of the molecule is CC(C)(C)OC(=O)N1CC[C@H](c2cccc(COc3ccc(Cl)cc3Cl)n2)C1. The predicted octanol–water partition coefficient (Wildman–Crippen LogP) is 5.69. The van der Waals surface area contributed by atoms with Crippen LogP contribution >= 0.6 is 23.2 Å². The Kier molecular flexibility index (Phi) is 6.36. The van der Waals surface area contributed by atoms with E-state index in [4.69, 9.17) is 37.7 Å². The van der Waals surface area contributed by atoms with Crippen molar-refractivity contribution in [3.8, 4) is 5.75 Å². The molecule has 1 atom stereocenters. The Bertz CT molecular complexity index is 852. The van der Waals surface area contributed by atoms with Gasteiger partial charge in [0.2, 0.25) is 0 Å². The van der Waals surface area contributed by atoms with Gasteiger partial charge in [0.1, 0.15) is 18.0 Å². The molecule has 0 spiro atoms. The zero-order chi connectivity index (χ0) is 20.3. The minimum absolute atomic E-state index is 0.187. The second kappa shape index (κ2) is 8.58. The Hall–Kier alpha value is -1.98. The number of nitrogens with zero attached hydrogens (tertiary/aromatic N) is 2. The van der Waals surface area contributed by atoms with E-state index in [2.05, 4.69) is 0 Å². The van der Waals surface area contributed by atoms with E-state index in [1.807, 2.05) is 39.0 Å². The van der Waals surface area contributed by atoms with Crippen LogP contribution in [0.1, 0.15) is 44.5 Å². The van der Waals surface area contributed by atoms with Crippen molar-refractivity contribution in [1.29, 1.82) is 0 Å². The molecule has 0 N–H and O–H groups in total. The summed E-state index contributed by atoms with van der Waals surface area (Å²) in [5.74, 6) is 0.752. The summed E-state index contributed by atoms with van der Waals surface area (Å²) < 4.78 is 11.2. The number of carbonyl (C=O) groups is 1. The highest BCUT2D eigenvalue weighted by molar-refractivity contribution is 6.35. The molecule has 1 aromatic heterocycles. The number of benzene rings is 1. The number of amides is 1. The minimum Gasteiger partial charge on any atom is -0.486 e. The van der Waals surface area contributed by atoms with Gasteiger partial charge in [-0.2, -0.15) is 0 Å². The van der Waals surface area contributed by atoms with E-state index in [0.29, 0.717) is 35.5 Å². The number of carbonyl (C=O) groups excluding carboxylic acids is 1. The monoisotopic (exact) mass is 422 g/mol. The maximum Gasteiger partial charge on any atom is 0.410 e. The van der Waals surface area contributed by atoms with Crippen LogP contribution in [0.25, 0.3) is 0 Å². The Labute approximate surface area is 175 Å². The fourth-order valence-corrected chi connectivity index (χ4v) is 3.51. The largest absolute Gasteiger partial charge is 0.486 e. The molecule has 1 aromatic carbocycles. The molecule has 1 fully saturated rings. The highest BCUT2D eigenvalue weighted by Gasteiger charge is 2.31. The number of likely N-dealkylation sites (tertiary alicyclic amines) is 1. The fraction of sp³-hybridized carbons (Fsp3) is 0.429. The van der Waals surface area contributed by atoms with Gasteiger partial charge in [-0.25, -0.2) is 4.79 Å². The summed E-state index contributed by atoms with van der Waals surface area (Å²) in [4.78, 5) is 18.7. The predicted molar refractivity (Wildman–Crippen MR) is 110 cm³/mol. The Morgan fingerprint density at radius 1 is 1.25 bits per heavy atom. The minimum atomic E-state index is -0.492. The molecular weight excluding hydrogens is 399 g/mol. The van der Waals surface area contributed by atoms with Gasteiger partial charge in [0, 0.05) is 29.7 Å². The average Bonchev–Trinajstić information content (AvgIpc) is 3.10. The van der Waals surface area contributed by atoms with E-state index >= 15 is 0 Å². The number of pyridine rings is 1. The first-order valence-corrected chi connectivity index (χ1v) is 9.98. The smallest absolute Gasteiger partial charge is 0.410 e. The second-order valence-electron chi connectivity index (χ2n) is 7.83. The normalized spacial score (nSPS) is 16.9. The van der Waals surface area contributed by atoms with Crippen molar-refractivity contribution in [2.45, 2.75) is 45.3 Å². The Morgan fingerprint density at radius 2 is 2.04 bits per heavy atom. The van der Waals surface area contributed by atoms with E-state index < -0.39 is 5.60 Å². The van der Waals surface area contributed by atoms with Crippen LogP contribution in [0.5, 0.6) is 5.75 Å². The Morgan fingerprint density at radius 3 is 2.75 bits per heavy atom. The number of hydrogen-bond acceptors (Lipinski definition) is 4. The fourth-order valence-electron chi connectivity index (χ4n) is 3.04. The molecule has 150 valence electrons. The maximum absolute atomic E-state index is 12.3. The van der Waals surface area contributed by atoms with Crippen LogP contribution in [-0.2, 0) is 11.3 Å². The van der Waals surface area contributed by atoms with Crippen LogP contribution < -0.4 is 4.74 Å². The van der Waals surface area contributed by atoms with Gasteiger partial charge in [0.05, 0.1) is 10.7 Å². The topological polar surface area (TPSA) is 51.7 Å². The molecule has 1 amide bonds. The van der Waals surface area contributed by atoms with Crippen molar-refractivity contribution in [3.63, 3.8) is 0 Å². The van der Waals surface area contributed by atoms with Crippen LogP contribution in [0.3, 0.4) is 0 Å². The lowest BCUT2D eigenvalue weighted by molar-refractivity contribution is 0.0292. The first-order chi connectivity index (χ1) is 13.2. The average molecular weight is 423 g/mol. The third-order valence-electron chi connectivity index (χ3n) is 4.36. The number of rotatable bonds is 4. The van der Waals surface area contributed by atoms with Crippen LogP contribution in [0.2, 0.25) is 10.0 Å². The molecule has 0 unspecified atom stereocenters. The van der Waals surface area contributed by atoms with E-state index in [-0.39, 0.29) is 12.0 Å². The second-order valence-corrected chi connectivity index (χ2v) is 8.67. The van der Waals surface area contributed by atoms with Gasteiger partial charge >= 0.3 is 6.09 Å². The van der Waals surface area contributed by atoms with Crippen molar-refractivity contribution in [2.24, 2.45) is 0 Å². The van der Waals surface area contributed by atoms with Gasteiger partial charge in [0.15, 0.2) is 0 Å². The third kappa shape index (κ3) is 5.52. The summed E-state index contributed by atoms with van der Waals surface area (Å²) in [6.45, 7) is 7.19. The first kappa shape index (κ1) is 20.7. The molecule has 0 radical (unpaired) electrons. The zero-order valence-electron chi connectivity index (χ0n) is 16.2. The molecule has 0 bridgehead atoms. The molecule has 1 aliphatic rings. The summed E-state index contributed by atoms with van der Waals surface area (Å²) in [5.41, 5.74) is 1.27. The van der Waals surface area contributed by atoms with Gasteiger partial charge in [-0.05, 0) is 57.5 Å². The van der Waals surface area contributed by atoms with Crippen molar-refractivity contribution >= 4 is 29.3 Å². The third-order valence-corrected chi connectivity index (χ3v) is 4.89. The van der Waals surface area contributed by atoms with Gasteiger partial charge in [-0.3, -0.25) is 4.98 Å². The lowest BCUT2D eigenvalue weighted by atomic mass is 10.0. The summed E-state index contributed by atoms with van der Waals surface area (Å²) in [5, 5.41) is 1.03. The van der Waals surface area contributed by atoms with Crippen molar-refractivity contribution in [2.75, 3.05) is 13.1 Å². The molecule has 2 heterocycles. The van der Waals surface area contributed by atoms with E-state index in [1.165, 1.54) is 0 Å². The van der Waals surface area contributed by atoms with Crippen molar-refractivity contribution < 1.29 is 14.3 Å². The van der Waals surface area contributed by atoms with E-state index in [1.54, 1.807) is 23.1 Å².